The first-order valence-corrected chi connectivity index (χ1v) is 10.2. The monoisotopic (exact) mass is 435 g/mol. The number of ether oxygens (including phenoxy) is 1. The number of imidazole rings is 1. The molecule has 1 saturated heterocycles. The fourth-order valence-electron chi connectivity index (χ4n) is 3.82. The van der Waals surface area contributed by atoms with Gasteiger partial charge in [0.1, 0.15) is 11.6 Å². The number of aromatic nitrogens is 3. The third-order valence-electron chi connectivity index (χ3n) is 5.42. The summed E-state index contributed by atoms with van der Waals surface area (Å²) in [4.78, 5) is 6.56. The predicted octanol–water partition coefficient (Wildman–Crippen LogP) is 3.41. The molecule has 1 aliphatic rings. The van der Waals surface area contributed by atoms with Crippen LogP contribution in [0.15, 0.2) is 42.6 Å². The molecule has 0 unspecified atom stereocenters. The molecule has 0 radical (unpaired) electrons. The average Bonchev–Trinajstić information content (AvgIpc) is 3.16. The van der Waals surface area contributed by atoms with Gasteiger partial charge in [-0.1, -0.05) is 12.1 Å². The highest BCUT2D eigenvalue weighted by Gasteiger charge is 2.31. The quantitative estimate of drug-likeness (QED) is 0.593. The molecule has 0 amide bonds. The van der Waals surface area contributed by atoms with Crippen LogP contribution in [-0.4, -0.2) is 63.8 Å². The number of piperidine rings is 1. The lowest BCUT2D eigenvalue weighted by atomic mass is 9.97. The second kappa shape index (κ2) is 9.11. The zero-order chi connectivity index (χ0) is 21.8. The van der Waals surface area contributed by atoms with Crippen LogP contribution in [0, 0.1) is 5.92 Å². The third-order valence-corrected chi connectivity index (χ3v) is 5.42. The maximum absolute atomic E-state index is 12.5. The minimum Gasteiger partial charge on any atom is -0.406 e. The number of nitrogens with zero attached hydrogens (tertiary/aromatic N) is 4. The average molecular weight is 435 g/mol. The molecule has 3 aromatic rings. The van der Waals surface area contributed by atoms with E-state index in [0.717, 1.165) is 39.0 Å². The van der Waals surface area contributed by atoms with Crippen molar-refractivity contribution in [3.05, 3.63) is 42.6 Å². The summed E-state index contributed by atoms with van der Waals surface area (Å²) < 4.78 is 43.3. The smallest absolute Gasteiger partial charge is 0.406 e. The highest BCUT2D eigenvalue weighted by Crippen LogP contribution is 2.28. The molecule has 2 aromatic heterocycles. The second-order valence-electron chi connectivity index (χ2n) is 7.60. The minimum absolute atomic E-state index is 0.186. The SMILES string of the molecule is OCCN1CCC(CNc2ccc3ncc(-c4cccc(OC(F)(F)F)c4)n3n2)CC1. The van der Waals surface area contributed by atoms with Crippen LogP contribution in [0.1, 0.15) is 12.8 Å². The molecule has 1 aromatic carbocycles. The summed E-state index contributed by atoms with van der Waals surface area (Å²) in [5.41, 5.74) is 1.69. The molecular weight excluding hydrogens is 411 g/mol. The number of alkyl halides is 3. The van der Waals surface area contributed by atoms with Crippen molar-refractivity contribution in [2.24, 2.45) is 5.92 Å². The lowest BCUT2D eigenvalue weighted by Gasteiger charge is -2.31. The third kappa shape index (κ3) is 5.45. The van der Waals surface area contributed by atoms with E-state index in [4.69, 9.17) is 5.11 Å². The Balaban J connectivity index is 1.47. The molecule has 10 heteroatoms. The first-order valence-electron chi connectivity index (χ1n) is 10.2. The number of hydrogen-bond donors (Lipinski definition) is 2. The van der Waals surface area contributed by atoms with Crippen molar-refractivity contribution < 1.29 is 23.0 Å². The zero-order valence-electron chi connectivity index (χ0n) is 16.8. The number of halogens is 3. The summed E-state index contributed by atoms with van der Waals surface area (Å²) in [5.74, 6) is 0.903. The number of nitrogens with one attached hydrogen (secondary N) is 1. The van der Waals surface area contributed by atoms with Crippen LogP contribution in [0.2, 0.25) is 0 Å². The molecule has 0 bridgehead atoms. The molecule has 3 heterocycles. The van der Waals surface area contributed by atoms with Gasteiger partial charge in [-0.15, -0.1) is 18.3 Å². The Bertz CT molecular complexity index is 1020. The number of fused-ring (bicyclic) bond motifs is 1. The number of β-amino-alcohol motifs (C(OH)–C–C–N with tert-alkyl or cyclic N) is 1. The van der Waals surface area contributed by atoms with Crippen molar-refractivity contribution in [1.82, 2.24) is 19.5 Å². The van der Waals surface area contributed by atoms with Crippen LogP contribution < -0.4 is 10.1 Å². The van der Waals surface area contributed by atoms with Gasteiger partial charge in [-0.05, 0) is 56.1 Å². The Hall–Kier alpha value is -2.85. The van der Waals surface area contributed by atoms with Gasteiger partial charge >= 0.3 is 6.36 Å². The summed E-state index contributed by atoms with van der Waals surface area (Å²) in [6.07, 6.45) is -1.06. The summed E-state index contributed by atoms with van der Waals surface area (Å²) in [6.45, 7) is 3.63. The lowest BCUT2D eigenvalue weighted by molar-refractivity contribution is -0.274. The van der Waals surface area contributed by atoms with E-state index in [2.05, 4.69) is 25.0 Å². The number of benzene rings is 1. The van der Waals surface area contributed by atoms with Crippen LogP contribution in [-0.2, 0) is 0 Å². The Kier molecular flexibility index (Phi) is 6.28. The number of rotatable bonds is 7. The fraction of sp³-hybridized carbons (Fsp3) is 0.429. The van der Waals surface area contributed by atoms with E-state index in [1.165, 1.54) is 18.2 Å². The van der Waals surface area contributed by atoms with Crippen LogP contribution in [0.25, 0.3) is 16.9 Å². The predicted molar refractivity (Wildman–Crippen MR) is 110 cm³/mol. The highest BCUT2D eigenvalue weighted by molar-refractivity contribution is 5.65. The van der Waals surface area contributed by atoms with E-state index in [1.54, 1.807) is 16.8 Å². The van der Waals surface area contributed by atoms with Crippen molar-refractivity contribution >= 4 is 11.5 Å². The highest BCUT2D eigenvalue weighted by atomic mass is 19.4. The van der Waals surface area contributed by atoms with Crippen molar-refractivity contribution in [2.75, 3.05) is 38.1 Å². The van der Waals surface area contributed by atoms with Gasteiger partial charge in [-0.25, -0.2) is 9.50 Å². The lowest BCUT2D eigenvalue weighted by Crippen LogP contribution is -2.37. The van der Waals surface area contributed by atoms with E-state index in [0.29, 0.717) is 28.6 Å². The Labute approximate surface area is 177 Å². The molecule has 2 N–H and O–H groups in total. The Morgan fingerprint density at radius 1 is 1.16 bits per heavy atom. The molecule has 0 spiro atoms. The van der Waals surface area contributed by atoms with E-state index in [-0.39, 0.29) is 12.4 Å². The summed E-state index contributed by atoms with van der Waals surface area (Å²) in [6, 6.07) is 9.43. The van der Waals surface area contributed by atoms with Gasteiger partial charge in [0.05, 0.1) is 18.5 Å². The van der Waals surface area contributed by atoms with Crippen LogP contribution in [0.3, 0.4) is 0 Å². The molecule has 0 aliphatic carbocycles. The summed E-state index contributed by atoms with van der Waals surface area (Å²) in [7, 11) is 0. The van der Waals surface area contributed by atoms with Gasteiger partial charge < -0.3 is 20.1 Å². The molecule has 0 atom stereocenters. The molecular formula is C21H24F3N5O2. The molecule has 1 fully saturated rings. The van der Waals surface area contributed by atoms with Gasteiger partial charge in [0, 0.05) is 18.7 Å². The largest absolute Gasteiger partial charge is 0.573 e. The van der Waals surface area contributed by atoms with E-state index in [9.17, 15) is 13.2 Å². The molecule has 166 valence electrons. The Morgan fingerprint density at radius 3 is 2.71 bits per heavy atom. The van der Waals surface area contributed by atoms with Crippen LogP contribution in [0.5, 0.6) is 5.75 Å². The summed E-state index contributed by atoms with van der Waals surface area (Å²) >= 11 is 0. The van der Waals surface area contributed by atoms with E-state index in [1.807, 2.05) is 12.1 Å². The van der Waals surface area contributed by atoms with E-state index >= 15 is 0 Å². The summed E-state index contributed by atoms with van der Waals surface area (Å²) in [5, 5.41) is 17.0. The number of aliphatic hydroxyl groups excluding tert-OH is 1. The van der Waals surface area contributed by atoms with Gasteiger partial charge in [0.15, 0.2) is 5.65 Å². The van der Waals surface area contributed by atoms with Crippen molar-refractivity contribution in [2.45, 2.75) is 19.2 Å². The van der Waals surface area contributed by atoms with Crippen molar-refractivity contribution in [1.29, 1.82) is 0 Å². The zero-order valence-corrected chi connectivity index (χ0v) is 16.8. The van der Waals surface area contributed by atoms with Crippen LogP contribution in [0.4, 0.5) is 19.0 Å². The number of hydrogen-bond acceptors (Lipinski definition) is 6. The standard InChI is InChI=1S/C21H24F3N5O2/c22-21(23,24)31-17-3-1-2-16(12-17)18-14-26-20-5-4-19(27-29(18)20)25-13-15-6-8-28(9-7-15)10-11-30/h1-5,12,14-15,30H,6-11,13H2,(H,25,27). The van der Waals surface area contributed by atoms with Gasteiger partial charge in [0.25, 0.3) is 0 Å². The topological polar surface area (TPSA) is 74.9 Å². The maximum atomic E-state index is 12.5. The Morgan fingerprint density at radius 2 is 1.97 bits per heavy atom. The molecule has 1 aliphatic heterocycles. The minimum atomic E-state index is -4.75. The molecule has 31 heavy (non-hydrogen) atoms. The molecule has 7 nitrogen and oxygen atoms in total. The fourth-order valence-corrected chi connectivity index (χ4v) is 3.82. The van der Waals surface area contributed by atoms with Crippen molar-refractivity contribution in [3.63, 3.8) is 0 Å². The molecule has 0 saturated carbocycles. The number of anilines is 1. The van der Waals surface area contributed by atoms with Gasteiger partial charge in [-0.2, -0.15) is 0 Å². The van der Waals surface area contributed by atoms with Crippen LogP contribution >= 0.6 is 0 Å². The first kappa shape index (κ1) is 21.4. The molecule has 4 rings (SSSR count). The first-order chi connectivity index (χ1) is 14.9. The number of likely N-dealkylation sites (tertiary alicyclic amines) is 1. The normalized spacial score (nSPS) is 16.0. The van der Waals surface area contributed by atoms with Crippen molar-refractivity contribution in [3.8, 4) is 17.0 Å². The van der Waals surface area contributed by atoms with Gasteiger partial charge in [-0.3, -0.25) is 0 Å². The van der Waals surface area contributed by atoms with E-state index < -0.39 is 6.36 Å². The maximum Gasteiger partial charge on any atom is 0.573 e. The second-order valence-corrected chi connectivity index (χ2v) is 7.60. The van der Waals surface area contributed by atoms with Gasteiger partial charge in [0.2, 0.25) is 0 Å². The number of aliphatic hydroxyl groups is 1.